The van der Waals surface area contributed by atoms with Crippen molar-refractivity contribution in [3.8, 4) is 0 Å². The van der Waals surface area contributed by atoms with Crippen molar-refractivity contribution in [2.75, 3.05) is 13.7 Å². The van der Waals surface area contributed by atoms with Crippen molar-refractivity contribution in [1.29, 1.82) is 0 Å². The maximum absolute atomic E-state index is 14.2. The monoisotopic (exact) mass is 297 g/mol. The molecule has 0 aliphatic rings. The molecule has 0 aliphatic carbocycles. The molecule has 0 saturated carbocycles. The van der Waals surface area contributed by atoms with Crippen molar-refractivity contribution in [1.82, 2.24) is 5.32 Å². The zero-order valence-electron chi connectivity index (χ0n) is 11.5. The number of furan rings is 1. The number of nitrogens with one attached hydrogen (secondary N) is 1. The normalized spacial score (nSPS) is 12.6. The number of halogens is 2. The first-order valence-corrected chi connectivity index (χ1v) is 6.80. The molecule has 1 N–H and O–H groups in total. The third kappa shape index (κ3) is 3.20. The van der Waals surface area contributed by atoms with E-state index in [2.05, 4.69) is 5.32 Å². The van der Waals surface area contributed by atoms with Crippen LogP contribution in [-0.4, -0.2) is 13.7 Å². The molecule has 0 amide bonds. The van der Waals surface area contributed by atoms with Gasteiger partial charge in [0.2, 0.25) is 0 Å². The smallest absolute Gasteiger partial charge is 0.147 e. The summed E-state index contributed by atoms with van der Waals surface area (Å²) < 4.78 is 24.9. The SMILES string of the molecule is CCNC(c1ccc(COC)o1)c1cccc(Cl)c1F. The van der Waals surface area contributed by atoms with Gasteiger partial charge in [0.05, 0.1) is 11.1 Å². The summed E-state index contributed by atoms with van der Waals surface area (Å²) in [7, 11) is 1.60. The van der Waals surface area contributed by atoms with Gasteiger partial charge < -0.3 is 14.5 Å². The fourth-order valence-corrected chi connectivity index (χ4v) is 2.26. The van der Waals surface area contributed by atoms with Gasteiger partial charge in [-0.1, -0.05) is 30.7 Å². The van der Waals surface area contributed by atoms with Crippen molar-refractivity contribution >= 4 is 11.6 Å². The first-order chi connectivity index (χ1) is 9.67. The number of methoxy groups -OCH3 is 1. The highest BCUT2D eigenvalue weighted by Gasteiger charge is 2.21. The first kappa shape index (κ1) is 15.0. The van der Waals surface area contributed by atoms with Crippen molar-refractivity contribution in [2.24, 2.45) is 0 Å². The molecule has 2 rings (SSSR count). The lowest BCUT2D eigenvalue weighted by molar-refractivity contribution is 0.162. The number of rotatable bonds is 6. The molecule has 108 valence electrons. The summed E-state index contributed by atoms with van der Waals surface area (Å²) in [4.78, 5) is 0. The van der Waals surface area contributed by atoms with Crippen LogP contribution in [0, 0.1) is 5.82 Å². The van der Waals surface area contributed by atoms with E-state index in [1.54, 1.807) is 19.2 Å². The zero-order chi connectivity index (χ0) is 14.5. The van der Waals surface area contributed by atoms with Crippen LogP contribution >= 0.6 is 11.6 Å². The maximum atomic E-state index is 14.2. The second-order valence-electron chi connectivity index (χ2n) is 4.37. The Bertz CT molecular complexity index is 571. The average molecular weight is 298 g/mol. The number of ether oxygens (including phenoxy) is 1. The fourth-order valence-electron chi connectivity index (χ4n) is 2.08. The van der Waals surface area contributed by atoms with Crippen LogP contribution in [0.25, 0.3) is 0 Å². The van der Waals surface area contributed by atoms with Gasteiger partial charge in [-0.2, -0.15) is 0 Å². The Morgan fingerprint density at radius 3 is 2.85 bits per heavy atom. The number of hydrogen-bond acceptors (Lipinski definition) is 3. The van der Waals surface area contributed by atoms with E-state index >= 15 is 0 Å². The Morgan fingerprint density at radius 1 is 1.35 bits per heavy atom. The van der Waals surface area contributed by atoms with Crippen molar-refractivity contribution < 1.29 is 13.5 Å². The van der Waals surface area contributed by atoms with Gasteiger partial charge in [0.15, 0.2) is 0 Å². The number of benzene rings is 1. The van der Waals surface area contributed by atoms with Gasteiger partial charge >= 0.3 is 0 Å². The third-order valence-electron chi connectivity index (χ3n) is 2.95. The van der Waals surface area contributed by atoms with E-state index in [0.717, 1.165) is 0 Å². The molecule has 0 fully saturated rings. The van der Waals surface area contributed by atoms with Gasteiger partial charge in [-0.05, 0) is 24.7 Å². The molecule has 2 aromatic rings. The molecule has 0 saturated heterocycles. The predicted octanol–water partition coefficient (Wildman–Crippen LogP) is 3.92. The quantitative estimate of drug-likeness (QED) is 0.877. The summed E-state index contributed by atoms with van der Waals surface area (Å²) in [6.07, 6.45) is 0. The van der Waals surface area contributed by atoms with Crippen LogP contribution in [0.4, 0.5) is 4.39 Å². The minimum Gasteiger partial charge on any atom is -0.462 e. The van der Waals surface area contributed by atoms with Crippen LogP contribution in [0.3, 0.4) is 0 Å². The summed E-state index contributed by atoms with van der Waals surface area (Å²) in [5, 5.41) is 3.31. The highest BCUT2D eigenvalue weighted by molar-refractivity contribution is 6.30. The molecule has 0 bridgehead atoms. The fraction of sp³-hybridized carbons (Fsp3) is 0.333. The Kier molecular flexibility index (Phi) is 5.17. The van der Waals surface area contributed by atoms with Crippen molar-refractivity contribution in [3.63, 3.8) is 0 Å². The molecule has 1 unspecified atom stereocenters. The Hall–Kier alpha value is -1.36. The first-order valence-electron chi connectivity index (χ1n) is 6.42. The van der Waals surface area contributed by atoms with E-state index in [9.17, 15) is 4.39 Å². The van der Waals surface area contributed by atoms with Gasteiger partial charge in [-0.3, -0.25) is 0 Å². The van der Waals surface area contributed by atoms with Crippen molar-refractivity contribution in [2.45, 2.75) is 19.6 Å². The maximum Gasteiger partial charge on any atom is 0.147 e. The molecule has 1 atom stereocenters. The minimum atomic E-state index is -0.426. The van der Waals surface area contributed by atoms with E-state index in [1.165, 1.54) is 6.07 Å². The Balaban J connectivity index is 2.36. The lowest BCUT2D eigenvalue weighted by Crippen LogP contribution is -2.22. The molecule has 1 aromatic heterocycles. The van der Waals surface area contributed by atoms with Crippen LogP contribution < -0.4 is 5.32 Å². The van der Waals surface area contributed by atoms with Crippen LogP contribution in [0.2, 0.25) is 5.02 Å². The molecule has 3 nitrogen and oxygen atoms in total. The average Bonchev–Trinajstić information content (AvgIpc) is 2.88. The molecule has 0 aliphatic heterocycles. The van der Waals surface area contributed by atoms with Gasteiger partial charge in [-0.15, -0.1) is 0 Å². The molecular formula is C15H17ClFNO2. The minimum absolute atomic E-state index is 0.106. The largest absolute Gasteiger partial charge is 0.462 e. The van der Waals surface area contributed by atoms with E-state index in [4.69, 9.17) is 20.8 Å². The van der Waals surface area contributed by atoms with E-state index < -0.39 is 5.82 Å². The lowest BCUT2D eigenvalue weighted by atomic mass is 10.0. The Labute approximate surface area is 122 Å². The van der Waals surface area contributed by atoms with Crippen LogP contribution in [0.5, 0.6) is 0 Å². The topological polar surface area (TPSA) is 34.4 Å². The highest BCUT2D eigenvalue weighted by atomic mass is 35.5. The van der Waals surface area contributed by atoms with E-state index in [-0.39, 0.29) is 11.1 Å². The third-order valence-corrected chi connectivity index (χ3v) is 3.25. The van der Waals surface area contributed by atoms with Crippen molar-refractivity contribution in [3.05, 3.63) is 58.3 Å². The van der Waals surface area contributed by atoms with Crippen LogP contribution in [0.15, 0.2) is 34.7 Å². The lowest BCUT2D eigenvalue weighted by Gasteiger charge is -2.17. The highest BCUT2D eigenvalue weighted by Crippen LogP contribution is 2.29. The van der Waals surface area contributed by atoms with Gasteiger partial charge in [-0.25, -0.2) is 4.39 Å². The number of hydrogen-bond donors (Lipinski definition) is 1. The van der Waals surface area contributed by atoms with E-state index in [1.807, 2.05) is 19.1 Å². The van der Waals surface area contributed by atoms with Gasteiger partial charge in [0, 0.05) is 12.7 Å². The summed E-state index contributed by atoms with van der Waals surface area (Å²) in [6.45, 7) is 3.02. The standard InChI is InChI=1S/C15H17ClFNO2/c1-3-18-15(11-5-4-6-12(16)14(11)17)13-8-7-10(20-13)9-19-2/h4-8,15,18H,3,9H2,1-2H3. The molecule has 0 spiro atoms. The predicted molar refractivity (Wildman–Crippen MR) is 76.4 cm³/mol. The molecule has 5 heteroatoms. The molecule has 1 heterocycles. The summed E-state index contributed by atoms with van der Waals surface area (Å²) in [5.41, 5.74) is 0.470. The Morgan fingerprint density at radius 2 is 2.15 bits per heavy atom. The van der Waals surface area contributed by atoms with E-state index in [0.29, 0.717) is 30.2 Å². The molecule has 20 heavy (non-hydrogen) atoms. The molecular weight excluding hydrogens is 281 g/mol. The van der Waals surface area contributed by atoms with Crippen LogP contribution in [0.1, 0.15) is 30.0 Å². The zero-order valence-corrected chi connectivity index (χ0v) is 12.2. The molecule has 1 aromatic carbocycles. The summed E-state index contributed by atoms with van der Waals surface area (Å²) >= 11 is 5.85. The van der Waals surface area contributed by atoms with Crippen LogP contribution in [-0.2, 0) is 11.3 Å². The summed E-state index contributed by atoms with van der Waals surface area (Å²) in [6, 6.07) is 8.23. The second-order valence-corrected chi connectivity index (χ2v) is 4.78. The van der Waals surface area contributed by atoms with Gasteiger partial charge in [0.25, 0.3) is 0 Å². The molecule has 0 radical (unpaired) electrons. The second kappa shape index (κ2) is 6.88. The van der Waals surface area contributed by atoms with Gasteiger partial charge in [0.1, 0.15) is 23.9 Å². The summed E-state index contributed by atoms with van der Waals surface area (Å²) in [5.74, 6) is 0.915.